The highest BCUT2D eigenvalue weighted by molar-refractivity contribution is 5.73. The minimum atomic E-state index is -0.766. The molecule has 0 radical (unpaired) electrons. The number of aryl methyl sites for hydroxylation is 1. The second-order valence-corrected chi connectivity index (χ2v) is 15.3. The van der Waals surface area contributed by atoms with Gasteiger partial charge < -0.3 is 10.0 Å². The highest BCUT2D eigenvalue weighted by Gasteiger charge is 2.42. The molecular formula is C39H55FN4O2. The summed E-state index contributed by atoms with van der Waals surface area (Å²) in [6.45, 7) is 16.8. The normalized spacial score (nSPS) is 22.2. The van der Waals surface area contributed by atoms with E-state index in [1.54, 1.807) is 6.07 Å². The zero-order valence-electron chi connectivity index (χ0n) is 29.0. The standard InChI is InChI=1S/C39H55FN4O2/c1-8-44-36(23-33(41-44)20-27-12-14-31(15-13-27)39(4,5)6)28-16-18-43(19-17-28)25-30-22-34(42(7)37(26(2)3)38(45)46)24-35(30)29-10-9-11-32(40)21-29/h9-15,21,23,26,28,30,34-35,37H,8,16-20,22,24-25H2,1-7H3,(H,45,46)/t30?,34?,35?,37-/m1/s1. The Kier molecular flexibility index (Phi) is 10.7. The van der Waals surface area contributed by atoms with Gasteiger partial charge in [0.05, 0.1) is 5.69 Å². The maximum atomic E-state index is 14.3. The van der Waals surface area contributed by atoms with Gasteiger partial charge in [0.1, 0.15) is 11.9 Å². The lowest BCUT2D eigenvalue weighted by Gasteiger charge is -2.35. The number of hydrogen-bond donors (Lipinski definition) is 1. The van der Waals surface area contributed by atoms with Crippen LogP contribution in [-0.4, -0.2) is 69.4 Å². The molecule has 46 heavy (non-hydrogen) atoms. The summed E-state index contributed by atoms with van der Waals surface area (Å²) in [5.41, 5.74) is 6.34. The van der Waals surface area contributed by atoms with Crippen molar-refractivity contribution >= 4 is 5.97 Å². The quantitative estimate of drug-likeness (QED) is 0.235. The van der Waals surface area contributed by atoms with Crippen LogP contribution < -0.4 is 0 Å². The third-order valence-electron chi connectivity index (χ3n) is 10.7. The smallest absolute Gasteiger partial charge is 0.321 e. The van der Waals surface area contributed by atoms with Gasteiger partial charge in [-0.25, -0.2) is 4.39 Å². The van der Waals surface area contributed by atoms with Crippen LogP contribution in [0.5, 0.6) is 0 Å². The van der Waals surface area contributed by atoms with Crippen LogP contribution in [0.1, 0.15) is 107 Å². The summed E-state index contributed by atoms with van der Waals surface area (Å²) in [7, 11) is 1.96. The third-order valence-corrected chi connectivity index (χ3v) is 10.7. The van der Waals surface area contributed by atoms with Gasteiger partial charge in [-0.2, -0.15) is 5.10 Å². The zero-order valence-corrected chi connectivity index (χ0v) is 29.0. The molecular weight excluding hydrogens is 575 g/mol. The number of halogens is 1. The minimum Gasteiger partial charge on any atom is -0.480 e. The van der Waals surface area contributed by atoms with E-state index < -0.39 is 12.0 Å². The number of hydrogen-bond acceptors (Lipinski definition) is 4. The highest BCUT2D eigenvalue weighted by Crippen LogP contribution is 2.43. The first-order valence-electron chi connectivity index (χ1n) is 17.4. The number of carboxylic acid groups (broad SMARTS) is 1. The highest BCUT2D eigenvalue weighted by atomic mass is 19.1. The lowest BCUT2D eigenvalue weighted by atomic mass is 9.86. The molecule has 2 fully saturated rings. The molecule has 2 aromatic carbocycles. The molecule has 1 saturated heterocycles. The maximum Gasteiger partial charge on any atom is 0.321 e. The van der Waals surface area contributed by atoms with Crippen LogP contribution in [0.3, 0.4) is 0 Å². The van der Waals surface area contributed by atoms with Crippen LogP contribution in [0, 0.1) is 17.7 Å². The van der Waals surface area contributed by atoms with Crippen LogP contribution in [0.2, 0.25) is 0 Å². The van der Waals surface area contributed by atoms with E-state index in [0.717, 1.165) is 69.5 Å². The molecule has 0 amide bonds. The van der Waals surface area contributed by atoms with Crippen LogP contribution in [-0.2, 0) is 23.2 Å². The Morgan fingerprint density at radius 2 is 1.76 bits per heavy atom. The Balaban J connectivity index is 1.24. The van der Waals surface area contributed by atoms with Crippen LogP contribution in [0.25, 0.3) is 0 Å². The van der Waals surface area contributed by atoms with E-state index >= 15 is 0 Å². The van der Waals surface area contributed by atoms with Gasteiger partial charge in [0.25, 0.3) is 0 Å². The van der Waals surface area contributed by atoms with E-state index in [0.29, 0.717) is 11.8 Å². The lowest BCUT2D eigenvalue weighted by molar-refractivity contribution is -0.145. The number of piperidine rings is 1. The Hall–Kier alpha value is -3.03. The van der Waals surface area contributed by atoms with E-state index in [1.807, 2.05) is 27.0 Å². The molecule has 3 unspecified atom stereocenters. The summed E-state index contributed by atoms with van der Waals surface area (Å²) in [6.07, 6.45) is 4.83. The molecule has 7 heteroatoms. The third kappa shape index (κ3) is 7.91. The maximum absolute atomic E-state index is 14.3. The molecule has 6 nitrogen and oxygen atoms in total. The summed E-state index contributed by atoms with van der Waals surface area (Å²) in [5.74, 6) is 0.101. The van der Waals surface area contributed by atoms with E-state index in [1.165, 1.54) is 22.9 Å². The van der Waals surface area contributed by atoms with E-state index in [4.69, 9.17) is 5.10 Å². The summed E-state index contributed by atoms with van der Waals surface area (Å²) < 4.78 is 16.6. The first kappa shape index (κ1) is 34.3. The number of nitrogens with zero attached hydrogens (tertiary/aromatic N) is 4. The van der Waals surface area contributed by atoms with Crippen molar-refractivity contribution in [1.29, 1.82) is 0 Å². The molecule has 2 heterocycles. The minimum absolute atomic E-state index is 0.0132. The second kappa shape index (κ2) is 14.4. The molecule has 0 bridgehead atoms. The van der Waals surface area contributed by atoms with Crippen molar-refractivity contribution < 1.29 is 14.3 Å². The van der Waals surface area contributed by atoms with Crippen molar-refractivity contribution in [1.82, 2.24) is 19.6 Å². The van der Waals surface area contributed by atoms with Gasteiger partial charge in [0.15, 0.2) is 0 Å². The second-order valence-electron chi connectivity index (χ2n) is 15.3. The predicted molar refractivity (Wildman–Crippen MR) is 184 cm³/mol. The Morgan fingerprint density at radius 1 is 1.07 bits per heavy atom. The van der Waals surface area contributed by atoms with Crippen LogP contribution in [0.4, 0.5) is 4.39 Å². The van der Waals surface area contributed by atoms with Gasteiger partial charge in [-0.1, -0.05) is 71.0 Å². The van der Waals surface area contributed by atoms with Crippen LogP contribution >= 0.6 is 0 Å². The number of carboxylic acids is 1. The van der Waals surface area contributed by atoms with Crippen molar-refractivity contribution in [2.45, 2.75) is 110 Å². The van der Waals surface area contributed by atoms with E-state index in [2.05, 4.69) is 78.6 Å². The fraction of sp³-hybridized carbons (Fsp3) is 0.590. The van der Waals surface area contributed by atoms with Gasteiger partial charge in [-0.3, -0.25) is 14.4 Å². The first-order valence-corrected chi connectivity index (χ1v) is 17.4. The van der Waals surface area contributed by atoms with Gasteiger partial charge in [-0.15, -0.1) is 0 Å². The fourth-order valence-corrected chi connectivity index (χ4v) is 8.16. The summed E-state index contributed by atoms with van der Waals surface area (Å²) in [6, 6.07) is 18.0. The predicted octanol–water partition coefficient (Wildman–Crippen LogP) is 7.71. The molecule has 1 aliphatic heterocycles. The average Bonchev–Trinajstić information content (AvgIpc) is 3.61. The number of aliphatic carboxylic acids is 1. The van der Waals surface area contributed by atoms with Gasteiger partial charge >= 0.3 is 5.97 Å². The number of rotatable bonds is 11. The number of benzene rings is 2. The summed E-state index contributed by atoms with van der Waals surface area (Å²) >= 11 is 0. The Morgan fingerprint density at radius 3 is 2.35 bits per heavy atom. The lowest BCUT2D eigenvalue weighted by Crippen LogP contribution is -2.47. The molecule has 2 aliphatic rings. The van der Waals surface area contributed by atoms with E-state index in [9.17, 15) is 14.3 Å². The molecule has 1 aliphatic carbocycles. The van der Waals surface area contributed by atoms with Crippen molar-refractivity contribution in [3.63, 3.8) is 0 Å². The van der Waals surface area contributed by atoms with Crippen molar-refractivity contribution in [3.05, 3.63) is 88.5 Å². The van der Waals surface area contributed by atoms with Crippen molar-refractivity contribution in [2.75, 3.05) is 26.7 Å². The number of likely N-dealkylation sites (N-methyl/N-ethyl adjacent to an activating group) is 1. The first-order chi connectivity index (χ1) is 21.8. The fourth-order valence-electron chi connectivity index (χ4n) is 8.16. The molecule has 1 N–H and O–H groups in total. The van der Waals surface area contributed by atoms with Crippen LogP contribution in [0.15, 0.2) is 54.6 Å². The molecule has 4 atom stereocenters. The number of carbonyl (C=O) groups is 1. The SMILES string of the molecule is CCn1nc(Cc2ccc(C(C)(C)C)cc2)cc1C1CCN(CC2CC(N(C)[C@@H](C(=O)O)C(C)C)CC2c2cccc(F)c2)CC1. The largest absolute Gasteiger partial charge is 0.480 e. The molecule has 5 rings (SSSR count). The number of aromatic nitrogens is 2. The van der Waals surface area contributed by atoms with Crippen molar-refractivity contribution in [2.24, 2.45) is 11.8 Å². The molecule has 3 aromatic rings. The molecule has 250 valence electrons. The Bertz CT molecular complexity index is 1450. The zero-order chi connectivity index (χ0) is 33.2. The van der Waals surface area contributed by atoms with Crippen molar-refractivity contribution in [3.8, 4) is 0 Å². The molecule has 0 spiro atoms. The molecule has 1 aromatic heterocycles. The molecule has 1 saturated carbocycles. The van der Waals surface area contributed by atoms with Gasteiger partial charge in [-0.05, 0) is 111 Å². The monoisotopic (exact) mass is 630 g/mol. The van der Waals surface area contributed by atoms with E-state index in [-0.39, 0.29) is 29.1 Å². The Labute approximate surface area is 276 Å². The average molecular weight is 631 g/mol. The topological polar surface area (TPSA) is 61.6 Å². The summed E-state index contributed by atoms with van der Waals surface area (Å²) in [5, 5.41) is 15.0. The van der Waals surface area contributed by atoms with Gasteiger partial charge in [0.2, 0.25) is 0 Å². The number of likely N-dealkylation sites (tertiary alicyclic amines) is 1. The van der Waals surface area contributed by atoms with Gasteiger partial charge in [0, 0.05) is 37.2 Å². The summed E-state index contributed by atoms with van der Waals surface area (Å²) in [4.78, 5) is 16.8.